The van der Waals surface area contributed by atoms with Crippen LogP contribution in [0.3, 0.4) is 0 Å². The van der Waals surface area contributed by atoms with Crippen molar-refractivity contribution in [1.29, 1.82) is 0 Å². The first-order valence-corrected chi connectivity index (χ1v) is 9.85. The summed E-state index contributed by atoms with van der Waals surface area (Å²) in [6, 6.07) is 4.01. The van der Waals surface area contributed by atoms with Gasteiger partial charge in [0.05, 0.1) is 21.8 Å². The second-order valence-corrected chi connectivity index (χ2v) is 7.66. The van der Waals surface area contributed by atoms with Crippen LogP contribution in [0.1, 0.15) is 51.6 Å². The largest absolute Gasteiger partial charge is 0.381 e. The highest BCUT2D eigenvalue weighted by molar-refractivity contribution is 6.35. The fourth-order valence-electron chi connectivity index (χ4n) is 3.85. The van der Waals surface area contributed by atoms with Crippen LogP contribution in [0.15, 0.2) is 24.7 Å². The number of halogens is 1. The van der Waals surface area contributed by atoms with E-state index >= 15 is 0 Å². The molecule has 2 N–H and O–H groups in total. The number of hydrogen-bond acceptors (Lipinski definition) is 4. The third-order valence-corrected chi connectivity index (χ3v) is 5.75. The predicted molar refractivity (Wildman–Crippen MR) is 109 cm³/mol. The van der Waals surface area contributed by atoms with Gasteiger partial charge in [-0.05, 0) is 49.9 Å². The van der Waals surface area contributed by atoms with Gasteiger partial charge < -0.3 is 15.0 Å². The molecule has 7 heteroatoms. The fourth-order valence-corrected chi connectivity index (χ4v) is 4.14. The van der Waals surface area contributed by atoms with Crippen molar-refractivity contribution in [2.75, 3.05) is 13.2 Å². The number of ether oxygens (including phenoxy) is 1. The van der Waals surface area contributed by atoms with Gasteiger partial charge in [-0.3, -0.25) is 4.79 Å². The Labute approximate surface area is 168 Å². The molecule has 0 spiro atoms. The van der Waals surface area contributed by atoms with Crippen molar-refractivity contribution in [3.63, 3.8) is 0 Å². The molecule has 0 aliphatic carbocycles. The van der Waals surface area contributed by atoms with E-state index < -0.39 is 0 Å². The first-order chi connectivity index (χ1) is 13.5. The summed E-state index contributed by atoms with van der Waals surface area (Å²) in [6.07, 6.45) is 5.01. The number of nitrogens with one attached hydrogen (secondary N) is 2. The lowest BCUT2D eigenvalue weighted by Gasteiger charge is -2.21. The maximum absolute atomic E-state index is 12.4. The number of fused-ring (bicyclic) bond motifs is 1. The Bertz CT molecular complexity index is 1020. The van der Waals surface area contributed by atoms with Crippen molar-refractivity contribution in [3.8, 4) is 0 Å². The van der Waals surface area contributed by atoms with Crippen LogP contribution in [-0.2, 0) is 11.3 Å². The first-order valence-electron chi connectivity index (χ1n) is 9.47. The van der Waals surface area contributed by atoms with E-state index in [4.69, 9.17) is 16.3 Å². The quantitative estimate of drug-likeness (QED) is 0.694. The zero-order valence-electron chi connectivity index (χ0n) is 16.0. The molecule has 0 bridgehead atoms. The Balaban J connectivity index is 1.57. The van der Waals surface area contributed by atoms with Gasteiger partial charge in [0.15, 0.2) is 0 Å². The van der Waals surface area contributed by atoms with Gasteiger partial charge in [-0.15, -0.1) is 0 Å². The molecule has 6 nitrogen and oxygen atoms in total. The Morgan fingerprint density at radius 2 is 2.11 bits per heavy atom. The number of nitrogens with zero attached hydrogens (tertiary/aromatic N) is 2. The second kappa shape index (κ2) is 7.89. The molecule has 1 fully saturated rings. The van der Waals surface area contributed by atoms with Gasteiger partial charge >= 0.3 is 0 Å². The van der Waals surface area contributed by atoms with Crippen molar-refractivity contribution >= 4 is 28.4 Å². The summed E-state index contributed by atoms with van der Waals surface area (Å²) >= 11 is 6.56. The molecular weight excluding hydrogens is 376 g/mol. The number of aromatic amines is 1. The molecule has 1 aromatic carbocycles. The van der Waals surface area contributed by atoms with Crippen LogP contribution in [0.25, 0.3) is 10.9 Å². The van der Waals surface area contributed by atoms with Gasteiger partial charge in [0.1, 0.15) is 6.33 Å². The summed E-state index contributed by atoms with van der Waals surface area (Å²) in [4.78, 5) is 24.0. The summed E-state index contributed by atoms with van der Waals surface area (Å²) in [5, 5.41) is 4.71. The van der Waals surface area contributed by atoms with E-state index in [1.807, 2.05) is 6.07 Å². The standard InChI is InChI=1S/C21H23ClN4O2/c1-12-16-7-14(9-24-21(27)17-10-23-11-25-13(17)2)8-18(22)20(16)26-19(12)15-3-5-28-6-4-15/h7-8,10-11,15,26H,3-6,9H2,1-2H3,(H,24,27). The minimum absolute atomic E-state index is 0.192. The van der Waals surface area contributed by atoms with Crippen molar-refractivity contribution in [2.24, 2.45) is 0 Å². The third kappa shape index (κ3) is 3.62. The average Bonchev–Trinajstić information content (AvgIpc) is 3.04. The minimum atomic E-state index is -0.192. The molecule has 4 rings (SSSR count). The maximum atomic E-state index is 12.4. The fraction of sp³-hybridized carbons (Fsp3) is 0.381. The van der Waals surface area contributed by atoms with E-state index in [1.54, 1.807) is 6.92 Å². The number of aromatic nitrogens is 3. The van der Waals surface area contributed by atoms with Gasteiger partial charge in [-0.2, -0.15) is 0 Å². The van der Waals surface area contributed by atoms with Crippen LogP contribution >= 0.6 is 11.6 Å². The Morgan fingerprint density at radius 3 is 2.86 bits per heavy atom. The first kappa shape index (κ1) is 18.9. The monoisotopic (exact) mass is 398 g/mol. The zero-order chi connectivity index (χ0) is 19.7. The van der Waals surface area contributed by atoms with E-state index in [0.29, 0.717) is 28.7 Å². The van der Waals surface area contributed by atoms with Gasteiger partial charge in [-0.1, -0.05) is 11.6 Å². The number of amides is 1. The number of aryl methyl sites for hydroxylation is 2. The highest BCUT2D eigenvalue weighted by Gasteiger charge is 2.22. The molecule has 0 atom stereocenters. The predicted octanol–water partition coefficient (Wildman–Crippen LogP) is 4.05. The van der Waals surface area contributed by atoms with Crippen molar-refractivity contribution in [1.82, 2.24) is 20.3 Å². The summed E-state index contributed by atoms with van der Waals surface area (Å²) in [7, 11) is 0. The molecule has 0 saturated carbocycles. The summed E-state index contributed by atoms with van der Waals surface area (Å²) in [5.74, 6) is 0.282. The molecule has 0 unspecified atom stereocenters. The number of hydrogen-bond donors (Lipinski definition) is 2. The van der Waals surface area contributed by atoms with Crippen LogP contribution in [0.2, 0.25) is 5.02 Å². The van der Waals surface area contributed by atoms with Crippen LogP contribution in [0.4, 0.5) is 0 Å². The average molecular weight is 399 g/mol. The highest BCUT2D eigenvalue weighted by atomic mass is 35.5. The molecule has 1 amide bonds. The number of carbonyl (C=O) groups excluding carboxylic acids is 1. The topological polar surface area (TPSA) is 79.9 Å². The molecule has 1 aliphatic heterocycles. The molecule has 1 saturated heterocycles. The summed E-state index contributed by atoms with van der Waals surface area (Å²) < 4.78 is 5.49. The van der Waals surface area contributed by atoms with Crippen molar-refractivity contribution in [2.45, 2.75) is 39.2 Å². The molecule has 3 aromatic rings. The SMILES string of the molecule is Cc1ncncc1C(=O)NCc1cc(Cl)c2[nH]c(C3CCOCC3)c(C)c2c1. The van der Waals surface area contributed by atoms with Gasteiger partial charge in [0, 0.05) is 43.0 Å². The van der Waals surface area contributed by atoms with Crippen LogP contribution in [-0.4, -0.2) is 34.1 Å². The van der Waals surface area contributed by atoms with Crippen LogP contribution in [0, 0.1) is 13.8 Å². The zero-order valence-corrected chi connectivity index (χ0v) is 16.8. The van der Waals surface area contributed by atoms with Gasteiger partial charge in [0.25, 0.3) is 5.91 Å². The normalized spacial score (nSPS) is 15.1. The number of rotatable bonds is 4. The second-order valence-electron chi connectivity index (χ2n) is 7.26. The Kier molecular flexibility index (Phi) is 5.33. The summed E-state index contributed by atoms with van der Waals surface area (Å²) in [5.41, 5.74) is 5.53. The van der Waals surface area contributed by atoms with E-state index in [-0.39, 0.29) is 5.91 Å². The van der Waals surface area contributed by atoms with Crippen LogP contribution in [0.5, 0.6) is 0 Å². The molecule has 2 aromatic heterocycles. The number of carbonyl (C=O) groups is 1. The molecule has 1 aliphatic rings. The molecule has 3 heterocycles. The lowest BCUT2D eigenvalue weighted by Crippen LogP contribution is -2.24. The molecule has 146 valence electrons. The number of H-pyrrole nitrogens is 1. The van der Waals surface area contributed by atoms with Gasteiger partial charge in [-0.25, -0.2) is 9.97 Å². The van der Waals surface area contributed by atoms with E-state index in [0.717, 1.165) is 42.5 Å². The lowest BCUT2D eigenvalue weighted by atomic mass is 9.93. The van der Waals surface area contributed by atoms with E-state index in [9.17, 15) is 4.79 Å². The summed E-state index contributed by atoms with van der Waals surface area (Å²) in [6.45, 7) is 5.91. The van der Waals surface area contributed by atoms with Crippen LogP contribution < -0.4 is 5.32 Å². The lowest BCUT2D eigenvalue weighted by molar-refractivity contribution is 0.0845. The smallest absolute Gasteiger partial charge is 0.254 e. The van der Waals surface area contributed by atoms with Crippen molar-refractivity contribution < 1.29 is 9.53 Å². The Morgan fingerprint density at radius 1 is 1.32 bits per heavy atom. The molecular formula is C21H23ClN4O2. The highest BCUT2D eigenvalue weighted by Crippen LogP contribution is 2.36. The Hall–Kier alpha value is -2.44. The minimum Gasteiger partial charge on any atom is -0.381 e. The van der Waals surface area contributed by atoms with E-state index in [1.165, 1.54) is 23.8 Å². The van der Waals surface area contributed by atoms with E-state index in [2.05, 4.69) is 33.3 Å². The maximum Gasteiger partial charge on any atom is 0.254 e. The molecule has 0 radical (unpaired) electrons. The molecule has 28 heavy (non-hydrogen) atoms. The third-order valence-electron chi connectivity index (χ3n) is 5.46. The number of benzene rings is 1. The van der Waals surface area contributed by atoms with Gasteiger partial charge in [0.2, 0.25) is 0 Å². The van der Waals surface area contributed by atoms with Crippen molar-refractivity contribution in [3.05, 3.63) is 57.8 Å².